The minimum absolute atomic E-state index is 0. The van der Waals surface area contributed by atoms with Crippen molar-refractivity contribution in [3.8, 4) is 0 Å². The van der Waals surface area contributed by atoms with Gasteiger partial charge in [0.05, 0.1) is 11.5 Å². The molecule has 1 rings (SSSR count). The van der Waals surface area contributed by atoms with Crippen LogP contribution in [0.5, 0.6) is 0 Å². The molecule has 0 fully saturated rings. The second-order valence-electron chi connectivity index (χ2n) is 9.24. The fourth-order valence-corrected chi connectivity index (χ4v) is 4.56. The van der Waals surface area contributed by atoms with E-state index in [4.69, 9.17) is 31.0 Å². The smallest absolute Gasteiger partial charge is 0.396 e. The Kier molecular flexibility index (Phi) is 41.7. The monoisotopic (exact) mass is 608 g/mol. The van der Waals surface area contributed by atoms with E-state index in [0.29, 0.717) is 13.2 Å². The van der Waals surface area contributed by atoms with Crippen molar-refractivity contribution in [3.63, 3.8) is 0 Å². The third kappa shape index (κ3) is 34.8. The molecule has 0 heterocycles. The zero-order valence-electron chi connectivity index (χ0n) is 24.7. The van der Waals surface area contributed by atoms with Crippen molar-refractivity contribution in [1.29, 1.82) is 0 Å². The topological polar surface area (TPSA) is 191 Å². The number of aryl methyl sites for hydroxylation is 1. The normalized spacial score (nSPS) is 9.83. The summed E-state index contributed by atoms with van der Waals surface area (Å²) in [6.07, 6.45) is 17.6. The molecule has 0 saturated carbocycles. The zero-order valence-corrected chi connectivity index (χ0v) is 27.5. The van der Waals surface area contributed by atoms with Crippen LogP contribution in [0.15, 0.2) is 34.3 Å². The summed E-state index contributed by atoms with van der Waals surface area (Å²) in [7, 11) is -3.61. The largest absolute Gasteiger partial charge is 1.00 e. The van der Waals surface area contributed by atoms with E-state index in [9.17, 15) is 8.42 Å². The maximum absolute atomic E-state index is 11.9. The van der Waals surface area contributed by atoms with Crippen LogP contribution in [0, 0.1) is 6.92 Å². The molecule has 41 heavy (non-hydrogen) atoms. The zero-order chi connectivity index (χ0) is 29.5. The van der Waals surface area contributed by atoms with Crippen molar-refractivity contribution < 1.29 is 52.4 Å². The molecular formula is C28H53N6NaO5S. The number of azide groups is 1. The Bertz CT molecular complexity index is 863. The van der Waals surface area contributed by atoms with Gasteiger partial charge in [-0.2, -0.15) is 8.42 Å². The molecule has 0 aliphatic rings. The molecule has 0 amide bonds. The maximum atomic E-state index is 11.9. The molecule has 0 radical (unpaired) electrons. The predicted molar refractivity (Wildman–Crippen MR) is 163 cm³/mol. The molecule has 0 aliphatic heterocycles. The van der Waals surface area contributed by atoms with Crippen LogP contribution in [-0.4, -0.2) is 45.0 Å². The van der Waals surface area contributed by atoms with Gasteiger partial charge in [-0.1, -0.05) is 107 Å². The first-order chi connectivity index (χ1) is 18.9. The summed E-state index contributed by atoms with van der Waals surface area (Å²) in [5.74, 6) is 0. The average Bonchev–Trinajstić information content (AvgIpc) is 2.92. The van der Waals surface area contributed by atoms with E-state index in [2.05, 4.69) is 10.0 Å². The Morgan fingerprint density at radius 3 is 1.46 bits per heavy atom. The second-order valence-corrected chi connectivity index (χ2v) is 10.9. The minimum atomic E-state index is -3.61. The number of nitrogens with zero attached hydrogens (tertiary/aromatic N) is 6. The van der Waals surface area contributed by atoms with E-state index >= 15 is 0 Å². The van der Waals surface area contributed by atoms with Crippen molar-refractivity contribution in [3.05, 3.63) is 56.2 Å². The fraction of sp³-hybridized carbons (Fsp3) is 0.786. The summed E-state index contributed by atoms with van der Waals surface area (Å²) in [5, 5.41) is 20.7. The second kappa shape index (κ2) is 36.7. The number of rotatable bonds is 22. The van der Waals surface area contributed by atoms with Crippen LogP contribution >= 0.6 is 0 Å². The van der Waals surface area contributed by atoms with Gasteiger partial charge in [0.25, 0.3) is 10.1 Å². The van der Waals surface area contributed by atoms with Crippen LogP contribution in [0.2, 0.25) is 0 Å². The number of aliphatic hydroxyl groups excluding tert-OH is 2. The molecule has 1 aromatic rings. The molecular weight excluding hydrogens is 555 g/mol. The summed E-state index contributed by atoms with van der Waals surface area (Å²) >= 11 is 0. The third-order valence-electron chi connectivity index (χ3n) is 5.83. The first-order valence-electron chi connectivity index (χ1n) is 14.1. The average molecular weight is 609 g/mol. The first-order valence-corrected chi connectivity index (χ1v) is 15.5. The molecule has 0 atom stereocenters. The molecule has 0 spiro atoms. The summed E-state index contributed by atoms with van der Waals surface area (Å²) in [5.41, 5.74) is 22.6. The summed E-state index contributed by atoms with van der Waals surface area (Å²) in [6, 6.07) is 6.70. The van der Waals surface area contributed by atoms with E-state index in [1.807, 2.05) is 6.92 Å². The molecule has 11 nitrogen and oxygen atoms in total. The van der Waals surface area contributed by atoms with Crippen LogP contribution in [0.4, 0.5) is 0 Å². The van der Waals surface area contributed by atoms with Crippen LogP contribution in [-0.2, 0) is 14.3 Å². The summed E-state index contributed by atoms with van der Waals surface area (Å²) in [4.78, 5) is 4.43. The Hall–Kier alpha value is -1.33. The van der Waals surface area contributed by atoms with Crippen molar-refractivity contribution in [2.45, 2.75) is 122 Å². The number of aliphatic hydroxyl groups is 2. The molecule has 0 saturated heterocycles. The molecule has 1 aromatic carbocycles. The Balaban J connectivity index is -0.000000313. The van der Waals surface area contributed by atoms with E-state index in [1.54, 1.807) is 24.3 Å². The Morgan fingerprint density at radius 1 is 0.707 bits per heavy atom. The SMILES string of the molecule is C.Cc1ccc(S(=O)(=O)OCCCCCCCCCCO)cc1.[N-]=[N+]=NCCCCCCCCCCO.[N-]=[N+]=[N-].[Na+]. The predicted octanol–water partition coefficient (Wildman–Crippen LogP) is 5.73. The maximum Gasteiger partial charge on any atom is 1.00 e. The van der Waals surface area contributed by atoms with Crippen LogP contribution in [0.3, 0.4) is 0 Å². The van der Waals surface area contributed by atoms with Crippen LogP contribution in [0.25, 0.3) is 26.4 Å². The van der Waals surface area contributed by atoms with Gasteiger partial charge in [-0.3, -0.25) is 9.09 Å². The van der Waals surface area contributed by atoms with Crippen LogP contribution in [0.1, 0.15) is 116 Å². The Morgan fingerprint density at radius 2 is 1.07 bits per heavy atom. The first kappa shape index (κ1) is 46.6. The van der Waals surface area contributed by atoms with Gasteiger partial charge >= 0.3 is 29.6 Å². The number of hydrogen-bond donors (Lipinski definition) is 2. The number of benzene rings is 1. The van der Waals surface area contributed by atoms with Gasteiger partial charge in [-0.25, -0.2) is 0 Å². The van der Waals surface area contributed by atoms with Crippen molar-refractivity contribution in [2.75, 3.05) is 26.4 Å². The van der Waals surface area contributed by atoms with E-state index in [0.717, 1.165) is 63.4 Å². The van der Waals surface area contributed by atoms with E-state index in [1.165, 1.54) is 49.9 Å². The van der Waals surface area contributed by atoms with Gasteiger partial charge in [0.1, 0.15) is 0 Å². The minimum Gasteiger partial charge on any atom is -0.396 e. The third-order valence-corrected chi connectivity index (χ3v) is 7.16. The fourth-order valence-electron chi connectivity index (χ4n) is 3.62. The van der Waals surface area contributed by atoms with Gasteiger partial charge in [0.15, 0.2) is 0 Å². The van der Waals surface area contributed by atoms with Crippen LogP contribution < -0.4 is 29.6 Å². The molecule has 0 aromatic heterocycles. The van der Waals surface area contributed by atoms with Gasteiger partial charge in [0.2, 0.25) is 0 Å². The van der Waals surface area contributed by atoms with Crippen molar-refractivity contribution >= 4 is 10.1 Å². The summed E-state index contributed by atoms with van der Waals surface area (Å²) < 4.78 is 28.9. The summed E-state index contributed by atoms with van der Waals surface area (Å²) in [6.45, 7) is 3.42. The molecule has 232 valence electrons. The quantitative estimate of drug-likeness (QED) is 0.0423. The molecule has 0 bridgehead atoms. The van der Waals surface area contributed by atoms with Gasteiger partial charge in [0, 0.05) is 24.7 Å². The molecule has 2 N–H and O–H groups in total. The standard InChI is InChI=1S/C17H28O4S.C10H21N3O.CH4.N3.Na/c1-16-10-12-17(13-11-16)22(19,20)21-15-9-7-5-3-2-4-6-8-14-18;11-13-12-9-7-5-3-1-2-4-6-8-10-14;;1-3-2;/h10-13,18H,2-9,14-15H2,1H3;14H,1-10H2;1H4;;/q;;;-1;+1. The molecule has 13 heteroatoms. The molecule has 0 aliphatic carbocycles. The molecule has 0 unspecified atom stereocenters. The van der Waals surface area contributed by atoms with Crippen molar-refractivity contribution in [2.24, 2.45) is 5.11 Å². The number of hydrogen-bond acceptors (Lipinski definition) is 6. The van der Waals surface area contributed by atoms with E-state index in [-0.39, 0.29) is 55.1 Å². The van der Waals surface area contributed by atoms with Crippen molar-refractivity contribution in [1.82, 2.24) is 0 Å². The van der Waals surface area contributed by atoms with Gasteiger partial charge in [-0.05, 0) is 50.3 Å². The van der Waals surface area contributed by atoms with E-state index < -0.39 is 10.1 Å². The number of unbranched alkanes of at least 4 members (excludes halogenated alkanes) is 14. The van der Waals surface area contributed by atoms with Gasteiger partial charge < -0.3 is 21.3 Å². The van der Waals surface area contributed by atoms with Gasteiger partial charge in [-0.15, -0.1) is 0 Å². The Labute approximate surface area is 270 Å².